The Balaban J connectivity index is 1.55. The lowest BCUT2D eigenvalue weighted by Crippen LogP contribution is -2.12. The number of methoxy groups -OCH3 is 1. The van der Waals surface area contributed by atoms with Gasteiger partial charge >= 0.3 is 0 Å². The Hall–Kier alpha value is -4.13. The lowest BCUT2D eigenvalue weighted by atomic mass is 10.1. The van der Waals surface area contributed by atoms with E-state index in [0.29, 0.717) is 28.8 Å². The maximum absolute atomic E-state index is 11.4. The second-order valence-corrected chi connectivity index (χ2v) is 6.14. The molecule has 1 aromatic heterocycles. The number of primary amides is 1. The van der Waals surface area contributed by atoms with Crippen LogP contribution in [0, 0.1) is 0 Å². The molecular weight excluding hydrogens is 370 g/mol. The summed E-state index contributed by atoms with van der Waals surface area (Å²) in [6.45, 7) is 0. The first-order chi connectivity index (χ1) is 14.1. The van der Waals surface area contributed by atoms with E-state index in [2.05, 4.69) is 10.1 Å². The minimum Gasteiger partial charge on any atom is -0.496 e. The third-order valence-corrected chi connectivity index (χ3v) is 4.23. The Labute approximate surface area is 166 Å². The highest BCUT2D eigenvalue weighted by molar-refractivity contribution is 5.96. The molecular formula is C22H17N3O4. The normalized spacial score (nSPS) is 10.5. The van der Waals surface area contributed by atoms with E-state index in [4.69, 9.17) is 19.7 Å². The van der Waals surface area contributed by atoms with E-state index in [0.717, 1.165) is 11.3 Å². The van der Waals surface area contributed by atoms with Gasteiger partial charge in [-0.15, -0.1) is 0 Å². The number of nitrogens with two attached hydrogens (primary N) is 1. The summed E-state index contributed by atoms with van der Waals surface area (Å²) in [4.78, 5) is 15.9. The number of carbonyl (C=O) groups excluding carboxylic acids is 1. The van der Waals surface area contributed by atoms with Crippen LogP contribution in [0.4, 0.5) is 0 Å². The predicted octanol–water partition coefficient (Wildman–Crippen LogP) is 4.30. The molecule has 0 saturated carbocycles. The molecule has 0 aliphatic carbocycles. The fourth-order valence-electron chi connectivity index (χ4n) is 2.78. The molecule has 0 radical (unpaired) electrons. The Morgan fingerprint density at radius 3 is 2.31 bits per heavy atom. The Kier molecular flexibility index (Phi) is 4.94. The van der Waals surface area contributed by atoms with Gasteiger partial charge in [-0.3, -0.25) is 4.79 Å². The molecule has 1 heterocycles. The van der Waals surface area contributed by atoms with Crippen LogP contribution in [-0.2, 0) is 0 Å². The van der Waals surface area contributed by atoms with Gasteiger partial charge < -0.3 is 19.7 Å². The number of para-hydroxylation sites is 1. The number of benzene rings is 3. The number of hydrogen-bond acceptors (Lipinski definition) is 6. The van der Waals surface area contributed by atoms with Gasteiger partial charge in [0.05, 0.1) is 12.7 Å². The van der Waals surface area contributed by atoms with Crippen LogP contribution >= 0.6 is 0 Å². The summed E-state index contributed by atoms with van der Waals surface area (Å²) >= 11 is 0. The Morgan fingerprint density at radius 2 is 1.62 bits per heavy atom. The van der Waals surface area contributed by atoms with Crippen LogP contribution in [0.3, 0.4) is 0 Å². The van der Waals surface area contributed by atoms with E-state index in [1.165, 1.54) is 7.11 Å². The maximum atomic E-state index is 11.4. The second kappa shape index (κ2) is 7.85. The van der Waals surface area contributed by atoms with Crippen molar-refractivity contribution in [3.8, 4) is 40.1 Å². The molecule has 0 bridgehead atoms. The van der Waals surface area contributed by atoms with E-state index in [1.807, 2.05) is 54.6 Å². The van der Waals surface area contributed by atoms with E-state index < -0.39 is 5.91 Å². The molecule has 0 aliphatic heterocycles. The summed E-state index contributed by atoms with van der Waals surface area (Å²) < 4.78 is 16.4. The summed E-state index contributed by atoms with van der Waals surface area (Å²) in [5.41, 5.74) is 7.02. The summed E-state index contributed by atoms with van der Waals surface area (Å²) in [5.74, 6) is 1.98. The molecule has 29 heavy (non-hydrogen) atoms. The van der Waals surface area contributed by atoms with Crippen LogP contribution in [0.2, 0.25) is 0 Å². The van der Waals surface area contributed by atoms with E-state index in [1.54, 1.807) is 18.2 Å². The zero-order valence-electron chi connectivity index (χ0n) is 15.5. The second-order valence-electron chi connectivity index (χ2n) is 6.14. The molecule has 0 aliphatic rings. The summed E-state index contributed by atoms with van der Waals surface area (Å²) in [7, 11) is 1.46. The molecule has 144 valence electrons. The quantitative estimate of drug-likeness (QED) is 0.529. The van der Waals surface area contributed by atoms with Gasteiger partial charge in [0.2, 0.25) is 5.82 Å². The van der Waals surface area contributed by atoms with Gasteiger partial charge in [-0.25, -0.2) is 0 Å². The number of ether oxygens (including phenoxy) is 2. The van der Waals surface area contributed by atoms with Gasteiger partial charge in [0, 0.05) is 11.1 Å². The highest BCUT2D eigenvalue weighted by Gasteiger charge is 2.15. The van der Waals surface area contributed by atoms with Crippen molar-refractivity contribution < 1.29 is 18.8 Å². The number of aromatic nitrogens is 2. The molecule has 1 amide bonds. The van der Waals surface area contributed by atoms with Gasteiger partial charge in [0.1, 0.15) is 17.2 Å². The van der Waals surface area contributed by atoms with Gasteiger partial charge in [0.25, 0.3) is 11.8 Å². The van der Waals surface area contributed by atoms with Crippen LogP contribution in [-0.4, -0.2) is 23.2 Å². The van der Waals surface area contributed by atoms with Crippen molar-refractivity contribution in [1.82, 2.24) is 10.1 Å². The minimum atomic E-state index is -0.572. The zero-order chi connectivity index (χ0) is 20.2. The molecule has 3 aromatic carbocycles. The Morgan fingerprint density at radius 1 is 0.931 bits per heavy atom. The van der Waals surface area contributed by atoms with Crippen molar-refractivity contribution in [1.29, 1.82) is 0 Å². The van der Waals surface area contributed by atoms with Crippen LogP contribution in [0.15, 0.2) is 77.3 Å². The third-order valence-electron chi connectivity index (χ3n) is 4.23. The summed E-state index contributed by atoms with van der Waals surface area (Å²) in [6.07, 6.45) is 0. The summed E-state index contributed by atoms with van der Waals surface area (Å²) in [6, 6.07) is 21.8. The average Bonchev–Trinajstić information content (AvgIpc) is 3.25. The molecule has 0 unspecified atom stereocenters. The molecule has 0 fully saturated rings. The van der Waals surface area contributed by atoms with Crippen molar-refractivity contribution in [2.45, 2.75) is 0 Å². The van der Waals surface area contributed by atoms with E-state index >= 15 is 0 Å². The predicted molar refractivity (Wildman–Crippen MR) is 107 cm³/mol. The molecule has 7 nitrogen and oxygen atoms in total. The molecule has 7 heteroatoms. The van der Waals surface area contributed by atoms with Crippen molar-refractivity contribution in [2.75, 3.05) is 7.11 Å². The highest BCUT2D eigenvalue weighted by Crippen LogP contribution is 2.29. The van der Waals surface area contributed by atoms with Crippen LogP contribution in [0.1, 0.15) is 10.4 Å². The number of rotatable bonds is 6. The lowest BCUT2D eigenvalue weighted by Gasteiger charge is -2.06. The van der Waals surface area contributed by atoms with Crippen molar-refractivity contribution >= 4 is 5.91 Å². The first-order valence-electron chi connectivity index (χ1n) is 8.79. The third kappa shape index (κ3) is 3.93. The van der Waals surface area contributed by atoms with Crippen molar-refractivity contribution in [3.05, 3.63) is 78.4 Å². The van der Waals surface area contributed by atoms with Crippen molar-refractivity contribution in [3.63, 3.8) is 0 Å². The van der Waals surface area contributed by atoms with Gasteiger partial charge in [-0.1, -0.05) is 23.4 Å². The van der Waals surface area contributed by atoms with Gasteiger partial charge in [-0.2, -0.15) is 4.98 Å². The Bertz CT molecular complexity index is 1140. The standard InChI is InChI=1S/C22H17N3O4/c1-27-19-13-15(9-12-18(19)20(23)26)22-24-21(25-29-22)14-7-10-17(11-8-14)28-16-5-3-2-4-6-16/h2-13H,1H3,(H2,23,26). The molecule has 0 atom stereocenters. The molecule has 0 spiro atoms. The fourth-order valence-corrected chi connectivity index (χ4v) is 2.78. The first-order valence-corrected chi connectivity index (χ1v) is 8.79. The summed E-state index contributed by atoms with van der Waals surface area (Å²) in [5, 5.41) is 4.03. The molecule has 0 saturated heterocycles. The topological polar surface area (TPSA) is 100 Å². The molecule has 2 N–H and O–H groups in total. The minimum absolute atomic E-state index is 0.282. The van der Waals surface area contributed by atoms with Crippen molar-refractivity contribution in [2.24, 2.45) is 5.73 Å². The van der Waals surface area contributed by atoms with Crippen LogP contribution in [0.25, 0.3) is 22.8 Å². The number of carbonyl (C=O) groups is 1. The van der Waals surface area contributed by atoms with Crippen LogP contribution < -0.4 is 15.2 Å². The average molecular weight is 387 g/mol. The monoisotopic (exact) mass is 387 g/mol. The molecule has 4 aromatic rings. The number of nitrogens with zero attached hydrogens (tertiary/aromatic N) is 2. The smallest absolute Gasteiger partial charge is 0.258 e. The maximum Gasteiger partial charge on any atom is 0.258 e. The van der Waals surface area contributed by atoms with Gasteiger partial charge in [-0.05, 0) is 54.6 Å². The van der Waals surface area contributed by atoms with Gasteiger partial charge in [0.15, 0.2) is 0 Å². The van der Waals surface area contributed by atoms with E-state index in [9.17, 15) is 4.79 Å². The SMILES string of the molecule is COc1cc(-c2nc(-c3ccc(Oc4ccccc4)cc3)no2)ccc1C(N)=O. The number of hydrogen-bond donors (Lipinski definition) is 1. The number of amides is 1. The zero-order valence-corrected chi connectivity index (χ0v) is 15.5. The first kappa shape index (κ1) is 18.2. The van der Waals surface area contributed by atoms with Crippen LogP contribution in [0.5, 0.6) is 17.2 Å². The largest absolute Gasteiger partial charge is 0.496 e. The lowest BCUT2D eigenvalue weighted by molar-refractivity contribution is 0.0997. The fraction of sp³-hybridized carbons (Fsp3) is 0.0455. The van der Waals surface area contributed by atoms with E-state index in [-0.39, 0.29) is 5.56 Å². The highest BCUT2D eigenvalue weighted by atomic mass is 16.5. The molecule has 4 rings (SSSR count).